The highest BCUT2D eigenvalue weighted by molar-refractivity contribution is 6.00. The van der Waals surface area contributed by atoms with Gasteiger partial charge < -0.3 is 24.1 Å². The van der Waals surface area contributed by atoms with E-state index in [4.69, 9.17) is 9.47 Å². The summed E-state index contributed by atoms with van der Waals surface area (Å²) in [6.45, 7) is 1.67. The number of hydrogen-bond donors (Lipinski definition) is 1. The second kappa shape index (κ2) is 7.12. The first kappa shape index (κ1) is 17.5. The number of carbonyl (C=O) groups is 2. The van der Waals surface area contributed by atoms with Crippen LogP contribution in [0.2, 0.25) is 0 Å². The fraction of sp³-hybridized carbons (Fsp3) is 0.286. The van der Waals surface area contributed by atoms with Gasteiger partial charge in [-0.25, -0.2) is 4.98 Å². The molecule has 2 amide bonds. The standard InChI is InChI=1S/C21H20N4O4/c26-20-9-14(12-25(20)16-4-5-17-18(10-16)29-8-7-28-17)21(27)22-11-15-13-24-6-2-1-3-19(24)23-15/h1-6,10,13-14H,7-9,11-12H2,(H,22,27)/t14-/m0/s1. The second-order valence-electron chi connectivity index (χ2n) is 7.15. The maximum Gasteiger partial charge on any atom is 0.227 e. The molecule has 2 aliphatic heterocycles. The van der Waals surface area contributed by atoms with Gasteiger partial charge in [0.2, 0.25) is 11.8 Å². The van der Waals surface area contributed by atoms with Crippen LogP contribution < -0.4 is 19.7 Å². The van der Waals surface area contributed by atoms with E-state index >= 15 is 0 Å². The van der Waals surface area contributed by atoms with Crippen LogP contribution in [0.1, 0.15) is 12.1 Å². The largest absolute Gasteiger partial charge is 0.486 e. The molecule has 1 aromatic carbocycles. The first-order valence-corrected chi connectivity index (χ1v) is 9.58. The van der Waals surface area contributed by atoms with Gasteiger partial charge in [0.1, 0.15) is 18.9 Å². The van der Waals surface area contributed by atoms with Gasteiger partial charge in [0.05, 0.1) is 18.2 Å². The first-order chi connectivity index (χ1) is 14.2. The van der Waals surface area contributed by atoms with Gasteiger partial charge in [-0.1, -0.05) is 6.07 Å². The Hall–Kier alpha value is -3.55. The molecule has 148 valence electrons. The molecule has 8 nitrogen and oxygen atoms in total. The van der Waals surface area contributed by atoms with Crippen molar-refractivity contribution in [2.45, 2.75) is 13.0 Å². The molecule has 0 bridgehead atoms. The zero-order chi connectivity index (χ0) is 19.8. The van der Waals surface area contributed by atoms with Crippen molar-refractivity contribution in [1.82, 2.24) is 14.7 Å². The summed E-state index contributed by atoms with van der Waals surface area (Å²) >= 11 is 0. The molecule has 0 radical (unpaired) electrons. The van der Waals surface area contributed by atoms with Crippen molar-refractivity contribution in [3.05, 3.63) is 54.5 Å². The monoisotopic (exact) mass is 392 g/mol. The molecule has 1 fully saturated rings. The highest BCUT2D eigenvalue weighted by atomic mass is 16.6. The lowest BCUT2D eigenvalue weighted by Gasteiger charge is -2.22. The zero-order valence-electron chi connectivity index (χ0n) is 15.7. The van der Waals surface area contributed by atoms with E-state index in [9.17, 15) is 9.59 Å². The molecule has 1 saturated heterocycles. The molecule has 1 N–H and O–H groups in total. The topological polar surface area (TPSA) is 85.2 Å². The molecular formula is C21H20N4O4. The van der Waals surface area contributed by atoms with Gasteiger partial charge in [-0.3, -0.25) is 9.59 Å². The van der Waals surface area contributed by atoms with Crippen LogP contribution in [0.5, 0.6) is 11.5 Å². The normalized spacial score (nSPS) is 18.3. The van der Waals surface area contributed by atoms with E-state index in [1.54, 1.807) is 17.0 Å². The lowest BCUT2D eigenvalue weighted by atomic mass is 10.1. The lowest BCUT2D eigenvalue weighted by molar-refractivity contribution is -0.126. The van der Waals surface area contributed by atoms with Gasteiger partial charge in [-0.15, -0.1) is 0 Å². The highest BCUT2D eigenvalue weighted by Crippen LogP contribution is 2.36. The molecule has 29 heavy (non-hydrogen) atoms. The Morgan fingerprint density at radius 2 is 2.03 bits per heavy atom. The number of nitrogens with one attached hydrogen (secondary N) is 1. The van der Waals surface area contributed by atoms with Crippen molar-refractivity contribution in [1.29, 1.82) is 0 Å². The highest BCUT2D eigenvalue weighted by Gasteiger charge is 2.35. The van der Waals surface area contributed by atoms with E-state index in [2.05, 4.69) is 10.3 Å². The molecule has 1 atom stereocenters. The van der Waals surface area contributed by atoms with Crippen LogP contribution in [0.15, 0.2) is 48.8 Å². The Balaban J connectivity index is 1.24. The molecule has 0 unspecified atom stereocenters. The Bertz CT molecular complexity index is 1060. The smallest absolute Gasteiger partial charge is 0.227 e. The maximum absolute atomic E-state index is 12.6. The van der Waals surface area contributed by atoms with Crippen LogP contribution >= 0.6 is 0 Å². The second-order valence-corrected chi connectivity index (χ2v) is 7.15. The number of ether oxygens (including phenoxy) is 2. The Labute approximate surface area is 167 Å². The number of nitrogens with zero attached hydrogens (tertiary/aromatic N) is 3. The first-order valence-electron chi connectivity index (χ1n) is 9.58. The van der Waals surface area contributed by atoms with E-state index in [0.717, 1.165) is 17.0 Å². The maximum atomic E-state index is 12.6. The predicted molar refractivity (Wildman–Crippen MR) is 105 cm³/mol. The van der Waals surface area contributed by atoms with E-state index in [1.807, 2.05) is 41.1 Å². The minimum Gasteiger partial charge on any atom is -0.486 e. The average molecular weight is 392 g/mol. The molecule has 5 rings (SSSR count). The fourth-order valence-corrected chi connectivity index (χ4v) is 3.73. The Kier molecular flexibility index (Phi) is 4.31. The number of aromatic nitrogens is 2. The number of amides is 2. The van der Waals surface area contributed by atoms with Crippen molar-refractivity contribution >= 4 is 23.1 Å². The van der Waals surface area contributed by atoms with Crippen LogP contribution in [0.4, 0.5) is 5.69 Å². The summed E-state index contributed by atoms with van der Waals surface area (Å²) in [6, 6.07) is 11.2. The minimum absolute atomic E-state index is 0.0745. The van der Waals surface area contributed by atoms with E-state index in [1.165, 1.54) is 0 Å². The number of imidazole rings is 1. The number of hydrogen-bond acceptors (Lipinski definition) is 5. The van der Waals surface area contributed by atoms with Gasteiger partial charge in [-0.05, 0) is 24.3 Å². The van der Waals surface area contributed by atoms with Crippen molar-refractivity contribution in [2.75, 3.05) is 24.7 Å². The molecule has 0 saturated carbocycles. The number of fused-ring (bicyclic) bond motifs is 2. The number of benzene rings is 1. The quantitative estimate of drug-likeness (QED) is 0.732. The minimum atomic E-state index is -0.396. The lowest BCUT2D eigenvalue weighted by Crippen LogP contribution is -2.32. The van der Waals surface area contributed by atoms with Gasteiger partial charge in [0.25, 0.3) is 0 Å². The summed E-state index contributed by atoms with van der Waals surface area (Å²) in [5.41, 5.74) is 2.32. The summed E-state index contributed by atoms with van der Waals surface area (Å²) < 4.78 is 13.0. The molecule has 2 aromatic heterocycles. The van der Waals surface area contributed by atoms with Crippen LogP contribution in [0.25, 0.3) is 5.65 Å². The molecule has 2 aliphatic rings. The van der Waals surface area contributed by atoms with Gasteiger partial charge in [0, 0.05) is 37.1 Å². The van der Waals surface area contributed by atoms with E-state index in [-0.39, 0.29) is 18.2 Å². The van der Waals surface area contributed by atoms with Gasteiger partial charge >= 0.3 is 0 Å². The average Bonchev–Trinajstić information content (AvgIpc) is 3.35. The molecule has 4 heterocycles. The molecular weight excluding hydrogens is 372 g/mol. The predicted octanol–water partition coefficient (Wildman–Crippen LogP) is 1.77. The van der Waals surface area contributed by atoms with Crippen LogP contribution in [-0.4, -0.2) is 41.0 Å². The number of rotatable bonds is 4. The number of carbonyl (C=O) groups excluding carboxylic acids is 2. The summed E-state index contributed by atoms with van der Waals surface area (Å²) in [6.07, 6.45) is 3.98. The third kappa shape index (κ3) is 3.37. The van der Waals surface area contributed by atoms with Gasteiger partial charge in [0.15, 0.2) is 11.5 Å². The number of pyridine rings is 1. The number of anilines is 1. The zero-order valence-corrected chi connectivity index (χ0v) is 15.7. The Morgan fingerprint density at radius 1 is 1.17 bits per heavy atom. The van der Waals surface area contributed by atoms with Crippen LogP contribution in [-0.2, 0) is 16.1 Å². The van der Waals surface area contributed by atoms with Crippen molar-refractivity contribution < 1.29 is 19.1 Å². The summed E-state index contributed by atoms with van der Waals surface area (Å²) in [5.74, 6) is 0.687. The van der Waals surface area contributed by atoms with E-state index < -0.39 is 5.92 Å². The SMILES string of the molecule is O=C(NCc1cn2ccccc2n1)[C@H]1CC(=O)N(c2ccc3c(c2)OCCO3)C1. The molecule has 8 heteroatoms. The van der Waals surface area contributed by atoms with E-state index in [0.29, 0.717) is 37.8 Å². The van der Waals surface area contributed by atoms with Crippen molar-refractivity contribution in [3.63, 3.8) is 0 Å². The summed E-state index contributed by atoms with van der Waals surface area (Å²) in [5, 5.41) is 2.91. The fourth-order valence-electron chi connectivity index (χ4n) is 3.73. The third-order valence-corrected chi connectivity index (χ3v) is 5.19. The summed E-state index contributed by atoms with van der Waals surface area (Å²) in [7, 11) is 0. The molecule has 3 aromatic rings. The molecule has 0 spiro atoms. The van der Waals surface area contributed by atoms with Crippen LogP contribution in [0.3, 0.4) is 0 Å². The van der Waals surface area contributed by atoms with Crippen molar-refractivity contribution in [2.24, 2.45) is 5.92 Å². The van der Waals surface area contributed by atoms with Gasteiger partial charge in [-0.2, -0.15) is 0 Å². The summed E-state index contributed by atoms with van der Waals surface area (Å²) in [4.78, 5) is 31.2. The third-order valence-electron chi connectivity index (χ3n) is 5.19. The molecule has 0 aliphatic carbocycles. The van der Waals surface area contributed by atoms with Crippen LogP contribution in [0, 0.1) is 5.92 Å². The van der Waals surface area contributed by atoms with Crippen molar-refractivity contribution in [3.8, 4) is 11.5 Å². The Morgan fingerprint density at radius 3 is 2.90 bits per heavy atom.